The molecule has 0 bridgehead atoms. The van der Waals surface area contributed by atoms with E-state index in [1.165, 1.54) is 6.92 Å². The summed E-state index contributed by atoms with van der Waals surface area (Å²) in [4.78, 5) is 51.0. The van der Waals surface area contributed by atoms with Gasteiger partial charge >= 0.3 is 11.7 Å². The maximum atomic E-state index is 12.8. The van der Waals surface area contributed by atoms with Gasteiger partial charge in [0.1, 0.15) is 17.8 Å². The molecule has 15 heteroatoms. The number of hydrogen-bond acceptors (Lipinski definition) is 9. The number of hydrogen-bond donors (Lipinski definition) is 8. The smallest absolute Gasteiger partial charge is 0.330 e. The van der Waals surface area contributed by atoms with Gasteiger partial charge in [-0.05, 0) is 19.8 Å². The quantitative estimate of drug-likeness (QED) is 0.168. The molecule has 14 nitrogen and oxygen atoms in total. The number of aryl methyl sites for hydroxylation is 1. The Kier molecular flexibility index (Phi) is 9.21. The zero-order chi connectivity index (χ0) is 25.4. The maximum Gasteiger partial charge on any atom is 0.330 e. The number of nitrogens with zero attached hydrogens (tertiary/aromatic N) is 1. The molecule has 0 unspecified atom stereocenters. The first-order valence-corrected chi connectivity index (χ1v) is 10.9. The fourth-order valence-corrected chi connectivity index (χ4v) is 4.63. The van der Waals surface area contributed by atoms with E-state index < -0.39 is 78.3 Å². The Morgan fingerprint density at radius 1 is 1.37 bits per heavy atom. The van der Waals surface area contributed by atoms with Crippen LogP contribution in [0.1, 0.15) is 37.5 Å². The van der Waals surface area contributed by atoms with Crippen LogP contribution in [0, 0.1) is 12.8 Å². The lowest BCUT2D eigenvalue weighted by atomic mass is 9.79. The minimum Gasteiger partial charge on any atom is -1.00 e. The number of amides is 1. The van der Waals surface area contributed by atoms with Crippen LogP contribution in [-0.4, -0.2) is 89.6 Å². The lowest BCUT2D eigenvalue weighted by Crippen LogP contribution is -3.00. The summed E-state index contributed by atoms with van der Waals surface area (Å²) in [6.07, 6.45) is -4.92. The predicted molar refractivity (Wildman–Crippen MR) is 112 cm³/mol. The van der Waals surface area contributed by atoms with Crippen molar-refractivity contribution >= 4 is 11.9 Å². The number of aliphatic hydroxyl groups excluding tert-OH is 3. The minimum absolute atomic E-state index is 0. The van der Waals surface area contributed by atoms with E-state index in [1.807, 2.05) is 4.98 Å². The first-order chi connectivity index (χ1) is 15.9. The van der Waals surface area contributed by atoms with Crippen molar-refractivity contribution in [3.63, 3.8) is 0 Å². The number of aromatic nitrogens is 2. The molecule has 8 atom stereocenters. The van der Waals surface area contributed by atoms with Gasteiger partial charge in [0.05, 0.1) is 24.7 Å². The van der Waals surface area contributed by atoms with Crippen molar-refractivity contribution in [1.82, 2.24) is 14.9 Å². The molecular weight excluding hydrogens is 492 g/mol. The standard InChI is InChI=1S/C20H30N4O10.ClH/c1-8-6-24(19(32)23-15(8)28)17-14(27)20(33,12(26)7-25)5-11(34-17)13(18(30)31)22-16(29)9-3-2-4-10(9)21;/h6,9-14,17,25-27,33H,2-5,7,21H2,1H3,(H,22,29)(H,30,31)(H,23,28,32);1H/t9-,10+,11-,12+,13+,14+,17-,20-;/m1./s1. The first kappa shape index (κ1) is 28.9. The average molecular weight is 523 g/mol. The third-order valence-electron chi connectivity index (χ3n) is 6.73. The van der Waals surface area contributed by atoms with Crippen LogP contribution in [0.25, 0.3) is 0 Å². The number of H-pyrrole nitrogens is 1. The molecule has 2 fully saturated rings. The number of ether oxygens (including phenoxy) is 1. The van der Waals surface area contributed by atoms with E-state index in [2.05, 4.69) is 11.1 Å². The second-order valence-electron chi connectivity index (χ2n) is 9.00. The molecule has 198 valence electrons. The van der Waals surface area contributed by atoms with E-state index in [0.717, 1.165) is 17.2 Å². The average Bonchev–Trinajstić information content (AvgIpc) is 3.21. The van der Waals surface area contributed by atoms with Crippen LogP contribution in [0.4, 0.5) is 0 Å². The number of carboxylic acid groups (broad SMARTS) is 1. The third kappa shape index (κ3) is 5.58. The van der Waals surface area contributed by atoms with E-state index in [1.54, 1.807) is 0 Å². The fourth-order valence-electron chi connectivity index (χ4n) is 4.63. The van der Waals surface area contributed by atoms with Crippen LogP contribution in [0.15, 0.2) is 15.8 Å². The van der Waals surface area contributed by atoms with E-state index in [-0.39, 0.29) is 24.0 Å². The molecule has 10 N–H and O–H groups in total. The highest BCUT2D eigenvalue weighted by molar-refractivity contribution is 5.86. The van der Waals surface area contributed by atoms with Gasteiger partial charge in [0.25, 0.3) is 5.56 Å². The van der Waals surface area contributed by atoms with Crippen molar-refractivity contribution in [3.8, 4) is 0 Å². The highest BCUT2D eigenvalue weighted by atomic mass is 35.5. The van der Waals surface area contributed by atoms with E-state index in [9.17, 15) is 44.7 Å². The molecule has 35 heavy (non-hydrogen) atoms. The maximum absolute atomic E-state index is 12.8. The zero-order valence-electron chi connectivity index (χ0n) is 19.0. The van der Waals surface area contributed by atoms with Crippen LogP contribution in [0.3, 0.4) is 0 Å². The minimum atomic E-state index is -2.52. The van der Waals surface area contributed by atoms with Gasteiger partial charge in [0, 0.05) is 24.6 Å². The molecule has 1 aliphatic carbocycles. The van der Waals surface area contributed by atoms with Crippen LogP contribution in [0.2, 0.25) is 0 Å². The van der Waals surface area contributed by atoms with Gasteiger partial charge in [-0.3, -0.25) is 19.1 Å². The molecule has 1 aromatic rings. The number of carboxylic acids is 1. The van der Waals surface area contributed by atoms with E-state index in [4.69, 9.17) is 4.74 Å². The number of carbonyl (C=O) groups is 2. The van der Waals surface area contributed by atoms with Crippen LogP contribution >= 0.6 is 0 Å². The van der Waals surface area contributed by atoms with Gasteiger partial charge in [-0.15, -0.1) is 0 Å². The largest absolute Gasteiger partial charge is 1.00 e. The Bertz CT molecular complexity index is 1050. The number of aliphatic hydroxyl groups is 4. The molecular formula is C20H31ClN4O10. The van der Waals surface area contributed by atoms with E-state index >= 15 is 0 Å². The summed E-state index contributed by atoms with van der Waals surface area (Å²) >= 11 is 0. The topological polar surface area (TPSA) is 239 Å². The molecule has 2 heterocycles. The monoisotopic (exact) mass is 522 g/mol. The van der Waals surface area contributed by atoms with Crippen molar-refractivity contribution < 1.29 is 58.0 Å². The van der Waals surface area contributed by atoms with E-state index in [0.29, 0.717) is 12.8 Å². The molecule has 0 radical (unpaired) electrons. The molecule has 3 rings (SSSR count). The summed E-state index contributed by atoms with van der Waals surface area (Å²) in [6.45, 7) is 0.370. The van der Waals surface area contributed by atoms with Gasteiger partial charge in [-0.1, -0.05) is 0 Å². The normalized spacial score (nSPS) is 32.3. The number of quaternary nitrogens is 1. The summed E-state index contributed by atoms with van der Waals surface area (Å²) in [5.74, 6) is -2.60. The number of rotatable bonds is 7. The Labute approximate surface area is 205 Å². The molecule has 0 aromatic carbocycles. The lowest BCUT2D eigenvalue weighted by Gasteiger charge is -2.48. The molecule has 2 aliphatic rings. The van der Waals surface area contributed by atoms with Crippen molar-refractivity contribution in [2.75, 3.05) is 6.61 Å². The van der Waals surface area contributed by atoms with Gasteiger partial charge < -0.3 is 53.7 Å². The second-order valence-corrected chi connectivity index (χ2v) is 9.00. The molecule has 1 saturated carbocycles. The van der Waals surface area contributed by atoms with Gasteiger partial charge in [0.15, 0.2) is 12.3 Å². The number of carbonyl (C=O) groups excluding carboxylic acids is 1. The van der Waals surface area contributed by atoms with Gasteiger partial charge in [0.2, 0.25) is 5.91 Å². The van der Waals surface area contributed by atoms with Crippen molar-refractivity contribution in [1.29, 1.82) is 0 Å². The summed E-state index contributed by atoms with van der Waals surface area (Å²) in [5, 5.41) is 53.8. The SMILES string of the molecule is Cc1cn([C@@H]2O[C@@H]([C@H](NC(=O)[C@@H]3CCC[C@@H]3[NH3+])C(=O)O)C[C@@](O)([C@@H](O)CO)[C@H]2O)c(=O)[nH]c1=O.[Cl-]. The van der Waals surface area contributed by atoms with Crippen LogP contribution in [0.5, 0.6) is 0 Å². The van der Waals surface area contributed by atoms with Crippen molar-refractivity contribution in [2.45, 2.75) is 74.8 Å². The number of nitrogens with one attached hydrogen (secondary N) is 2. The Morgan fingerprint density at radius 3 is 2.57 bits per heavy atom. The fraction of sp³-hybridized carbons (Fsp3) is 0.700. The van der Waals surface area contributed by atoms with Crippen molar-refractivity contribution in [3.05, 3.63) is 32.6 Å². The lowest BCUT2D eigenvalue weighted by molar-refractivity contribution is -0.424. The van der Waals surface area contributed by atoms with Crippen molar-refractivity contribution in [2.24, 2.45) is 5.92 Å². The van der Waals surface area contributed by atoms with Gasteiger partial charge in [-0.2, -0.15) is 0 Å². The number of aliphatic carboxylic acids is 1. The van der Waals surface area contributed by atoms with Crippen LogP contribution < -0.4 is 34.7 Å². The summed E-state index contributed by atoms with van der Waals surface area (Å²) in [7, 11) is 0. The summed E-state index contributed by atoms with van der Waals surface area (Å²) in [5.41, 5.74) is -0.293. The summed E-state index contributed by atoms with van der Waals surface area (Å²) < 4.78 is 6.43. The molecule has 1 aromatic heterocycles. The number of halogens is 1. The van der Waals surface area contributed by atoms with Gasteiger partial charge in [-0.25, -0.2) is 9.59 Å². The second kappa shape index (κ2) is 11.2. The number of aromatic amines is 1. The Morgan fingerprint density at radius 2 is 2.03 bits per heavy atom. The zero-order valence-corrected chi connectivity index (χ0v) is 19.7. The highest BCUT2D eigenvalue weighted by Crippen LogP contribution is 2.38. The third-order valence-corrected chi connectivity index (χ3v) is 6.73. The van der Waals surface area contributed by atoms with Crippen LogP contribution in [-0.2, 0) is 14.3 Å². The first-order valence-electron chi connectivity index (χ1n) is 10.9. The molecule has 1 amide bonds. The Balaban J connectivity index is 0.00000432. The predicted octanol–water partition coefficient (Wildman–Crippen LogP) is -7.44. The molecule has 0 spiro atoms. The Hall–Kier alpha value is -2.33. The summed E-state index contributed by atoms with van der Waals surface area (Å²) in [6, 6.07) is -1.93. The molecule has 1 aliphatic heterocycles. The molecule has 1 saturated heterocycles. The highest BCUT2D eigenvalue weighted by Gasteiger charge is 2.56.